The number of fused-ring (bicyclic) bond motifs is 1. The number of benzene rings is 2. The Balaban J connectivity index is 1.92. The molecular formula is C20H17ClN4O2S. The van der Waals surface area contributed by atoms with Crippen molar-refractivity contribution < 1.29 is 8.42 Å². The Hall–Kier alpha value is -2.90. The van der Waals surface area contributed by atoms with E-state index in [1.807, 2.05) is 48.7 Å². The molecule has 6 nitrogen and oxygen atoms in total. The molecule has 0 aliphatic rings. The highest BCUT2D eigenvalue weighted by molar-refractivity contribution is 7.92. The van der Waals surface area contributed by atoms with Gasteiger partial charge in [0.15, 0.2) is 5.82 Å². The van der Waals surface area contributed by atoms with Crippen molar-refractivity contribution in [3.8, 4) is 22.3 Å². The predicted molar refractivity (Wildman–Crippen MR) is 113 cm³/mol. The van der Waals surface area contributed by atoms with Crippen LogP contribution in [-0.2, 0) is 17.1 Å². The summed E-state index contributed by atoms with van der Waals surface area (Å²) in [5.74, 6) is 0.207. The molecule has 4 rings (SSSR count). The number of rotatable bonds is 4. The average Bonchev–Trinajstić information content (AvgIpc) is 2.98. The standard InChI is InChI=1S/C20H17ClN4O2S/c1-25-19-16(8-9-17(21)18(19)20(23-25)24-28(2,26)27)15-10-14(11-22-12-15)13-6-4-3-5-7-13/h3-12H,1-2H3,(H,23,24). The molecule has 0 saturated carbocycles. The summed E-state index contributed by atoms with van der Waals surface area (Å²) in [6, 6.07) is 15.6. The van der Waals surface area contributed by atoms with Gasteiger partial charge in [-0.1, -0.05) is 48.0 Å². The van der Waals surface area contributed by atoms with E-state index in [2.05, 4.69) is 14.8 Å². The second-order valence-electron chi connectivity index (χ2n) is 6.49. The molecule has 1 N–H and O–H groups in total. The van der Waals surface area contributed by atoms with Crippen LogP contribution in [0.4, 0.5) is 5.82 Å². The number of anilines is 1. The molecule has 0 unspecified atom stereocenters. The third-order valence-corrected chi connectivity index (χ3v) is 5.26. The molecule has 0 bridgehead atoms. The molecule has 2 heterocycles. The van der Waals surface area contributed by atoms with Gasteiger partial charge in [0.25, 0.3) is 0 Å². The van der Waals surface area contributed by atoms with Crippen molar-refractivity contribution in [1.82, 2.24) is 14.8 Å². The second-order valence-corrected chi connectivity index (χ2v) is 8.65. The maximum atomic E-state index is 11.7. The second kappa shape index (κ2) is 6.92. The van der Waals surface area contributed by atoms with Crippen LogP contribution in [0.5, 0.6) is 0 Å². The molecule has 142 valence electrons. The van der Waals surface area contributed by atoms with Gasteiger partial charge in [-0.05, 0) is 17.7 Å². The van der Waals surface area contributed by atoms with E-state index >= 15 is 0 Å². The van der Waals surface area contributed by atoms with E-state index in [1.54, 1.807) is 24.0 Å². The van der Waals surface area contributed by atoms with Crippen LogP contribution >= 0.6 is 11.6 Å². The van der Waals surface area contributed by atoms with Gasteiger partial charge >= 0.3 is 0 Å². The van der Waals surface area contributed by atoms with E-state index in [0.29, 0.717) is 10.4 Å². The van der Waals surface area contributed by atoms with Crippen molar-refractivity contribution in [2.24, 2.45) is 7.05 Å². The van der Waals surface area contributed by atoms with E-state index in [-0.39, 0.29) is 5.82 Å². The molecule has 0 aliphatic carbocycles. The minimum Gasteiger partial charge on any atom is -0.266 e. The van der Waals surface area contributed by atoms with Crippen molar-refractivity contribution in [1.29, 1.82) is 0 Å². The molecule has 4 aromatic rings. The molecule has 8 heteroatoms. The van der Waals surface area contributed by atoms with Crippen LogP contribution in [0.15, 0.2) is 60.9 Å². The SMILES string of the molecule is Cn1nc(NS(C)(=O)=O)c2c(Cl)ccc(-c3cncc(-c4ccccc4)c3)c21. The van der Waals surface area contributed by atoms with E-state index < -0.39 is 10.0 Å². The topological polar surface area (TPSA) is 76.9 Å². The summed E-state index contributed by atoms with van der Waals surface area (Å²) in [7, 11) is -1.74. The molecular weight excluding hydrogens is 396 g/mol. The lowest BCUT2D eigenvalue weighted by Crippen LogP contribution is -2.10. The summed E-state index contributed by atoms with van der Waals surface area (Å²) in [6.07, 6.45) is 4.66. The summed E-state index contributed by atoms with van der Waals surface area (Å²) in [6.45, 7) is 0. The molecule has 0 spiro atoms. The lowest BCUT2D eigenvalue weighted by atomic mass is 10.0. The molecule has 0 aliphatic heterocycles. The Morgan fingerprint density at radius 3 is 2.43 bits per heavy atom. The molecule has 2 aromatic heterocycles. The quantitative estimate of drug-likeness (QED) is 0.541. The van der Waals surface area contributed by atoms with Crippen LogP contribution in [0.3, 0.4) is 0 Å². The normalized spacial score (nSPS) is 11.7. The zero-order chi connectivity index (χ0) is 19.9. The molecule has 0 amide bonds. The summed E-state index contributed by atoms with van der Waals surface area (Å²) in [4.78, 5) is 4.39. The number of hydrogen-bond acceptors (Lipinski definition) is 4. The van der Waals surface area contributed by atoms with E-state index in [0.717, 1.165) is 34.0 Å². The fraction of sp³-hybridized carbons (Fsp3) is 0.100. The Labute approximate surface area is 167 Å². The van der Waals surface area contributed by atoms with E-state index in [9.17, 15) is 8.42 Å². The Morgan fingerprint density at radius 2 is 1.71 bits per heavy atom. The molecule has 0 fully saturated rings. The molecule has 0 atom stereocenters. The van der Waals surface area contributed by atoms with Crippen LogP contribution in [-0.4, -0.2) is 29.4 Å². The van der Waals surface area contributed by atoms with Gasteiger partial charge in [0, 0.05) is 36.1 Å². The first-order valence-electron chi connectivity index (χ1n) is 8.47. The maximum absolute atomic E-state index is 11.7. The van der Waals surface area contributed by atoms with Gasteiger partial charge in [-0.3, -0.25) is 14.4 Å². The molecule has 28 heavy (non-hydrogen) atoms. The number of sulfonamides is 1. The van der Waals surface area contributed by atoms with Gasteiger partial charge in [0.1, 0.15) is 0 Å². The van der Waals surface area contributed by atoms with Crippen LogP contribution in [0.2, 0.25) is 5.02 Å². The molecule has 0 saturated heterocycles. The number of aromatic nitrogens is 3. The largest absolute Gasteiger partial charge is 0.266 e. The molecule has 0 radical (unpaired) electrons. The van der Waals surface area contributed by atoms with Crippen molar-refractivity contribution in [3.05, 3.63) is 65.9 Å². The third-order valence-electron chi connectivity index (χ3n) is 4.38. The summed E-state index contributed by atoms with van der Waals surface area (Å²) < 4.78 is 27.5. The minimum atomic E-state index is -3.49. The first-order chi connectivity index (χ1) is 13.3. The fourth-order valence-corrected chi connectivity index (χ4v) is 3.97. The highest BCUT2D eigenvalue weighted by Gasteiger charge is 2.19. The van der Waals surface area contributed by atoms with Crippen LogP contribution < -0.4 is 4.72 Å². The van der Waals surface area contributed by atoms with Gasteiger partial charge in [-0.15, -0.1) is 0 Å². The number of pyridine rings is 1. The number of nitrogens with one attached hydrogen (secondary N) is 1. The first-order valence-corrected chi connectivity index (χ1v) is 10.7. The lowest BCUT2D eigenvalue weighted by Gasteiger charge is -2.09. The number of nitrogens with zero attached hydrogens (tertiary/aromatic N) is 3. The Kier molecular flexibility index (Phi) is 4.56. The zero-order valence-electron chi connectivity index (χ0n) is 15.2. The first kappa shape index (κ1) is 18.5. The predicted octanol–water partition coefficient (Wildman–Crippen LogP) is 4.33. The number of hydrogen-bond donors (Lipinski definition) is 1. The third kappa shape index (κ3) is 3.46. The average molecular weight is 413 g/mol. The maximum Gasteiger partial charge on any atom is 0.231 e. The van der Waals surface area contributed by atoms with Gasteiger partial charge in [0.05, 0.1) is 22.2 Å². The fourth-order valence-electron chi connectivity index (χ4n) is 3.23. The Bertz CT molecular complexity index is 1280. The van der Waals surface area contributed by atoms with Crippen molar-refractivity contribution in [2.75, 3.05) is 11.0 Å². The van der Waals surface area contributed by atoms with Gasteiger partial charge < -0.3 is 0 Å². The van der Waals surface area contributed by atoms with Gasteiger partial charge in [0.2, 0.25) is 10.0 Å². The van der Waals surface area contributed by atoms with Gasteiger partial charge in [-0.25, -0.2) is 8.42 Å². The van der Waals surface area contributed by atoms with E-state index in [4.69, 9.17) is 11.6 Å². The van der Waals surface area contributed by atoms with Gasteiger partial charge in [-0.2, -0.15) is 5.10 Å². The number of aryl methyl sites for hydroxylation is 1. The monoisotopic (exact) mass is 412 g/mol. The lowest BCUT2D eigenvalue weighted by molar-refractivity contribution is 0.606. The van der Waals surface area contributed by atoms with Crippen LogP contribution in [0.1, 0.15) is 0 Å². The van der Waals surface area contributed by atoms with Crippen molar-refractivity contribution >= 4 is 38.3 Å². The van der Waals surface area contributed by atoms with E-state index in [1.165, 1.54) is 0 Å². The zero-order valence-corrected chi connectivity index (χ0v) is 16.8. The summed E-state index contributed by atoms with van der Waals surface area (Å²) in [5, 5.41) is 5.30. The minimum absolute atomic E-state index is 0.207. The van der Waals surface area contributed by atoms with Crippen molar-refractivity contribution in [2.45, 2.75) is 0 Å². The highest BCUT2D eigenvalue weighted by atomic mass is 35.5. The smallest absolute Gasteiger partial charge is 0.231 e. The molecule has 2 aromatic carbocycles. The summed E-state index contributed by atoms with van der Waals surface area (Å²) in [5.41, 5.74) is 4.52. The highest BCUT2D eigenvalue weighted by Crippen LogP contribution is 2.37. The van der Waals surface area contributed by atoms with Crippen LogP contribution in [0, 0.1) is 0 Å². The van der Waals surface area contributed by atoms with Crippen LogP contribution in [0.25, 0.3) is 33.2 Å². The number of halogens is 1. The Morgan fingerprint density at radius 1 is 1.00 bits per heavy atom. The summed E-state index contributed by atoms with van der Waals surface area (Å²) >= 11 is 6.39. The van der Waals surface area contributed by atoms with Crippen molar-refractivity contribution in [3.63, 3.8) is 0 Å².